The molecule has 1 aromatic heterocycles. The smallest absolute Gasteiger partial charge is 0.122 e. The highest BCUT2D eigenvalue weighted by Crippen LogP contribution is 2.49. The van der Waals surface area contributed by atoms with E-state index >= 15 is 0 Å². The van der Waals surface area contributed by atoms with Crippen molar-refractivity contribution in [3.05, 3.63) is 58.9 Å². The Balaban J connectivity index is 1.57. The second kappa shape index (κ2) is 7.25. The molecule has 2 aromatic rings. The van der Waals surface area contributed by atoms with E-state index in [2.05, 4.69) is 35.9 Å². The van der Waals surface area contributed by atoms with Crippen LogP contribution in [-0.2, 0) is 12.1 Å². The zero-order chi connectivity index (χ0) is 19.0. The molecule has 2 heterocycles. The van der Waals surface area contributed by atoms with Gasteiger partial charge in [-0.1, -0.05) is 18.6 Å². The van der Waals surface area contributed by atoms with E-state index in [4.69, 9.17) is 4.74 Å². The molecule has 1 N–H and O–H groups in total. The van der Waals surface area contributed by atoms with E-state index in [1.807, 2.05) is 18.3 Å². The van der Waals surface area contributed by atoms with E-state index in [1.54, 1.807) is 13.3 Å². The van der Waals surface area contributed by atoms with Crippen LogP contribution in [0.3, 0.4) is 0 Å². The van der Waals surface area contributed by atoms with Crippen LogP contribution in [0.1, 0.15) is 41.5 Å². The molecule has 2 bridgehead atoms. The summed E-state index contributed by atoms with van der Waals surface area (Å²) >= 11 is 0. The first kappa shape index (κ1) is 18.5. The third kappa shape index (κ3) is 3.26. The van der Waals surface area contributed by atoms with Crippen LogP contribution in [-0.4, -0.2) is 35.2 Å². The zero-order valence-corrected chi connectivity index (χ0v) is 16.6. The largest absolute Gasteiger partial charge is 0.496 e. The van der Waals surface area contributed by atoms with Gasteiger partial charge < -0.3 is 9.84 Å². The van der Waals surface area contributed by atoms with Gasteiger partial charge in [0.1, 0.15) is 5.75 Å². The normalized spacial score (nSPS) is 28.1. The third-order valence-corrected chi connectivity index (χ3v) is 6.68. The molecule has 1 aromatic carbocycles. The Morgan fingerprint density at radius 3 is 2.56 bits per heavy atom. The number of fused-ring (bicyclic) bond motifs is 2. The maximum Gasteiger partial charge on any atom is 0.122 e. The Morgan fingerprint density at radius 2 is 1.93 bits per heavy atom. The molecule has 1 aliphatic carbocycles. The number of benzene rings is 1. The number of aryl methyl sites for hydroxylation is 2. The van der Waals surface area contributed by atoms with E-state index in [0.717, 1.165) is 43.8 Å². The van der Waals surface area contributed by atoms with Crippen LogP contribution in [0.5, 0.6) is 5.75 Å². The van der Waals surface area contributed by atoms with Crippen LogP contribution in [0.2, 0.25) is 0 Å². The molecule has 0 unspecified atom stereocenters. The van der Waals surface area contributed by atoms with Crippen LogP contribution in [0.15, 0.2) is 36.7 Å². The average molecular weight is 367 g/mol. The second-order valence-electron chi connectivity index (χ2n) is 8.33. The Bertz CT molecular complexity index is 792. The lowest BCUT2D eigenvalue weighted by Crippen LogP contribution is -2.57. The highest BCUT2D eigenvalue weighted by atomic mass is 16.5. The highest BCUT2D eigenvalue weighted by Gasteiger charge is 2.51. The lowest BCUT2D eigenvalue weighted by atomic mass is 9.63. The lowest BCUT2D eigenvalue weighted by molar-refractivity contribution is -0.148. The molecular formula is C23H30N2O2. The number of piperidine rings is 1. The number of ether oxygens (including phenoxy) is 1. The van der Waals surface area contributed by atoms with Crippen molar-refractivity contribution in [2.75, 3.05) is 20.2 Å². The zero-order valence-electron chi connectivity index (χ0n) is 16.6. The van der Waals surface area contributed by atoms with Gasteiger partial charge in [-0.05, 0) is 55.5 Å². The van der Waals surface area contributed by atoms with Gasteiger partial charge in [0.15, 0.2) is 0 Å². The number of aromatic nitrogens is 1. The molecule has 4 nitrogen and oxygen atoms in total. The second-order valence-corrected chi connectivity index (χ2v) is 8.33. The summed E-state index contributed by atoms with van der Waals surface area (Å²) in [5.41, 5.74) is 4.08. The van der Waals surface area contributed by atoms with Gasteiger partial charge in [-0.15, -0.1) is 0 Å². The maximum absolute atomic E-state index is 11.7. The number of hydrogen-bond acceptors (Lipinski definition) is 4. The van der Waals surface area contributed by atoms with Crippen molar-refractivity contribution in [1.82, 2.24) is 9.88 Å². The van der Waals surface area contributed by atoms with Gasteiger partial charge in [-0.2, -0.15) is 0 Å². The predicted molar refractivity (Wildman–Crippen MR) is 107 cm³/mol. The predicted octanol–water partition coefficient (Wildman–Crippen LogP) is 3.83. The van der Waals surface area contributed by atoms with Crippen molar-refractivity contribution >= 4 is 0 Å². The van der Waals surface area contributed by atoms with Crippen molar-refractivity contribution in [3.63, 3.8) is 0 Å². The van der Waals surface area contributed by atoms with E-state index in [-0.39, 0.29) is 11.8 Å². The van der Waals surface area contributed by atoms with Crippen LogP contribution >= 0.6 is 0 Å². The molecule has 27 heavy (non-hydrogen) atoms. The standard InChI is InChI=1S/C23H30N2O2/c1-16-11-22(27-3)17(2)10-18(16)13-25-14-20-6-4-7-21(15-25)23(20,26)19-8-5-9-24-12-19/h5,8-12,20-21,26H,4,6-7,13-15H2,1-3H3/t20-,21-/m1/s1. The summed E-state index contributed by atoms with van der Waals surface area (Å²) in [6.45, 7) is 7.08. The number of aliphatic hydroxyl groups is 1. The summed E-state index contributed by atoms with van der Waals surface area (Å²) in [5.74, 6) is 1.50. The molecule has 0 spiro atoms. The van der Waals surface area contributed by atoms with Gasteiger partial charge in [0.05, 0.1) is 12.7 Å². The summed E-state index contributed by atoms with van der Waals surface area (Å²) in [7, 11) is 1.73. The third-order valence-electron chi connectivity index (χ3n) is 6.68. The highest BCUT2D eigenvalue weighted by molar-refractivity contribution is 5.41. The molecule has 1 aliphatic heterocycles. The summed E-state index contributed by atoms with van der Waals surface area (Å²) < 4.78 is 5.46. The first-order valence-corrected chi connectivity index (χ1v) is 10.0. The molecule has 1 saturated carbocycles. The van der Waals surface area contributed by atoms with Crippen molar-refractivity contribution in [3.8, 4) is 5.75 Å². The van der Waals surface area contributed by atoms with E-state index in [9.17, 15) is 5.11 Å². The first-order valence-electron chi connectivity index (χ1n) is 10.0. The van der Waals surface area contributed by atoms with Crippen LogP contribution < -0.4 is 4.74 Å². The molecule has 144 valence electrons. The number of likely N-dealkylation sites (tertiary alicyclic amines) is 1. The quantitative estimate of drug-likeness (QED) is 0.893. The molecule has 0 amide bonds. The van der Waals surface area contributed by atoms with Crippen molar-refractivity contribution < 1.29 is 9.84 Å². The Labute approximate surface area is 162 Å². The first-order chi connectivity index (χ1) is 13.0. The number of nitrogens with zero attached hydrogens (tertiary/aromatic N) is 2. The minimum absolute atomic E-state index is 0.272. The molecule has 2 aliphatic rings. The number of hydrogen-bond donors (Lipinski definition) is 1. The van der Waals surface area contributed by atoms with Crippen LogP contribution in [0, 0.1) is 25.7 Å². The van der Waals surface area contributed by atoms with E-state index in [1.165, 1.54) is 23.1 Å². The molecule has 1 saturated heterocycles. The minimum atomic E-state index is -0.728. The van der Waals surface area contributed by atoms with Gasteiger partial charge in [-0.25, -0.2) is 0 Å². The van der Waals surface area contributed by atoms with Gasteiger partial charge in [0.25, 0.3) is 0 Å². The van der Waals surface area contributed by atoms with E-state index in [0.29, 0.717) is 0 Å². The summed E-state index contributed by atoms with van der Waals surface area (Å²) in [5, 5.41) is 11.7. The molecule has 2 atom stereocenters. The van der Waals surface area contributed by atoms with Crippen molar-refractivity contribution in [2.45, 2.75) is 45.3 Å². The Hall–Kier alpha value is -1.91. The fourth-order valence-electron chi connectivity index (χ4n) is 5.22. The average Bonchev–Trinajstić information content (AvgIpc) is 2.66. The van der Waals surface area contributed by atoms with E-state index < -0.39 is 5.60 Å². The fourth-order valence-corrected chi connectivity index (χ4v) is 5.22. The van der Waals surface area contributed by atoms with Gasteiger partial charge in [0, 0.05) is 49.4 Å². The Kier molecular flexibility index (Phi) is 4.95. The molecular weight excluding hydrogens is 336 g/mol. The molecule has 4 heteroatoms. The number of rotatable bonds is 4. The topological polar surface area (TPSA) is 45.6 Å². The van der Waals surface area contributed by atoms with Crippen LogP contribution in [0.25, 0.3) is 0 Å². The maximum atomic E-state index is 11.7. The fraction of sp³-hybridized carbons (Fsp3) is 0.522. The van der Waals surface area contributed by atoms with Crippen molar-refractivity contribution in [2.24, 2.45) is 11.8 Å². The SMILES string of the molecule is COc1cc(C)c(CN2C[C@H]3CCC[C@H](C2)C3(O)c2cccnc2)cc1C. The lowest BCUT2D eigenvalue weighted by Gasteiger charge is -2.53. The summed E-state index contributed by atoms with van der Waals surface area (Å²) in [6, 6.07) is 8.39. The minimum Gasteiger partial charge on any atom is -0.496 e. The number of methoxy groups -OCH3 is 1. The van der Waals surface area contributed by atoms with Gasteiger partial charge in [-0.3, -0.25) is 9.88 Å². The summed E-state index contributed by atoms with van der Waals surface area (Å²) in [4.78, 5) is 6.81. The molecule has 0 radical (unpaired) electrons. The summed E-state index contributed by atoms with van der Waals surface area (Å²) in [6.07, 6.45) is 7.02. The van der Waals surface area contributed by atoms with Gasteiger partial charge in [0.2, 0.25) is 0 Å². The Morgan fingerprint density at radius 1 is 1.19 bits per heavy atom. The van der Waals surface area contributed by atoms with Crippen molar-refractivity contribution in [1.29, 1.82) is 0 Å². The van der Waals surface area contributed by atoms with Crippen LogP contribution in [0.4, 0.5) is 0 Å². The monoisotopic (exact) mass is 366 g/mol. The molecule has 2 fully saturated rings. The number of pyridine rings is 1. The van der Waals surface area contributed by atoms with Gasteiger partial charge >= 0.3 is 0 Å². The molecule has 4 rings (SSSR count).